The quantitative estimate of drug-likeness (QED) is 0.0139. The van der Waals surface area contributed by atoms with Gasteiger partial charge in [0.1, 0.15) is 12.7 Å². The average molecular weight is 939 g/mol. The van der Waals surface area contributed by atoms with Crippen LogP contribution in [-0.4, -0.2) is 110 Å². The first-order valence-electron chi connectivity index (χ1n) is 22.4. The first-order chi connectivity index (χ1) is 30.0. The third kappa shape index (κ3) is 33.8. The van der Waals surface area contributed by atoms with Gasteiger partial charge in [0.2, 0.25) is 0 Å². The second-order valence-corrected chi connectivity index (χ2v) is 18.2. The minimum Gasteiger partial charge on any atom is -0.462 e. The lowest BCUT2D eigenvalue weighted by molar-refractivity contribution is -0.199. The van der Waals surface area contributed by atoms with Gasteiger partial charge in [0.05, 0.1) is 38.1 Å². The molecule has 0 bridgehead atoms. The minimum absolute atomic E-state index is 0.0515. The first kappa shape index (κ1) is 58.7. The Morgan fingerprint density at radius 1 is 0.698 bits per heavy atom. The van der Waals surface area contributed by atoms with Crippen molar-refractivity contribution in [3.8, 4) is 0 Å². The molecule has 8 atom stereocenters. The van der Waals surface area contributed by atoms with Crippen molar-refractivity contribution in [3.05, 3.63) is 60.8 Å². The average Bonchev–Trinajstić information content (AvgIpc) is 3.22. The number of aliphatic hydroxyl groups is 4. The molecule has 0 aromatic rings. The Balaban J connectivity index is 2.65. The molecular weight excluding hydrogens is 862 g/mol. The summed E-state index contributed by atoms with van der Waals surface area (Å²) in [6.07, 6.45) is 26.9. The van der Waals surface area contributed by atoms with Crippen molar-refractivity contribution in [2.45, 2.75) is 173 Å². The Morgan fingerprint density at radius 2 is 1.27 bits per heavy atom. The Bertz CT molecular complexity index is 1460. The zero-order chi connectivity index (χ0) is 46.8. The second-order valence-electron chi connectivity index (χ2n) is 15.5. The van der Waals surface area contributed by atoms with Crippen LogP contribution < -0.4 is 0 Å². The van der Waals surface area contributed by atoms with E-state index in [0.29, 0.717) is 32.1 Å². The third-order valence-corrected chi connectivity index (χ3v) is 11.1. The maximum atomic E-state index is 12.8. The first-order valence-corrected chi connectivity index (χ1v) is 25.4. The van der Waals surface area contributed by atoms with E-state index in [1.807, 2.05) is 12.2 Å². The van der Waals surface area contributed by atoms with Crippen molar-refractivity contribution in [2.24, 2.45) is 5.92 Å². The lowest BCUT2D eigenvalue weighted by atomic mass is 9.87. The number of hydrogen-bond acceptors (Lipinski definition) is 14. The number of carbonyl (C=O) groups is 2. The summed E-state index contributed by atoms with van der Waals surface area (Å²) in [7, 11) is -9.80. The van der Waals surface area contributed by atoms with Crippen LogP contribution in [0.4, 0.5) is 0 Å². The van der Waals surface area contributed by atoms with Crippen molar-refractivity contribution >= 4 is 27.6 Å². The fourth-order valence-electron chi connectivity index (χ4n) is 6.16. The van der Waals surface area contributed by atoms with Gasteiger partial charge in [-0.15, -0.1) is 0 Å². The van der Waals surface area contributed by atoms with Gasteiger partial charge in [-0.25, -0.2) is 9.13 Å². The monoisotopic (exact) mass is 938 g/mol. The van der Waals surface area contributed by atoms with Gasteiger partial charge >= 0.3 is 27.6 Å². The molecule has 0 radical (unpaired) electrons. The van der Waals surface area contributed by atoms with Crippen molar-refractivity contribution in [2.75, 3.05) is 26.4 Å². The molecule has 0 amide bonds. The van der Waals surface area contributed by atoms with Gasteiger partial charge in [-0.3, -0.25) is 23.2 Å². The zero-order valence-corrected chi connectivity index (χ0v) is 39.0. The molecule has 17 nitrogen and oxygen atoms in total. The number of esters is 2. The maximum absolute atomic E-state index is 12.8. The molecule has 0 saturated carbocycles. The number of rotatable bonds is 37. The van der Waals surface area contributed by atoms with E-state index in [1.54, 1.807) is 12.2 Å². The smallest absolute Gasteiger partial charge is 0.462 e. The summed E-state index contributed by atoms with van der Waals surface area (Å²) in [5.41, 5.74) is 0. The topological polar surface area (TPSA) is 265 Å². The van der Waals surface area contributed by atoms with E-state index in [2.05, 4.69) is 59.4 Å². The van der Waals surface area contributed by atoms with Gasteiger partial charge in [-0.1, -0.05) is 107 Å². The predicted molar refractivity (Wildman–Crippen MR) is 238 cm³/mol. The van der Waals surface area contributed by atoms with Crippen molar-refractivity contribution < 1.29 is 81.6 Å². The molecule has 0 aliphatic carbocycles. The second kappa shape index (κ2) is 35.9. The van der Waals surface area contributed by atoms with Crippen LogP contribution >= 0.6 is 15.6 Å². The molecule has 19 heteroatoms. The van der Waals surface area contributed by atoms with E-state index in [9.17, 15) is 44.0 Å². The highest BCUT2D eigenvalue weighted by atomic mass is 31.2. The Morgan fingerprint density at radius 3 is 1.94 bits per heavy atom. The van der Waals surface area contributed by atoms with Gasteiger partial charge in [-0.2, -0.15) is 0 Å². The van der Waals surface area contributed by atoms with Gasteiger partial charge in [0, 0.05) is 25.2 Å². The summed E-state index contributed by atoms with van der Waals surface area (Å²) in [6.45, 7) is 1.25. The van der Waals surface area contributed by atoms with Crippen LogP contribution in [0.3, 0.4) is 0 Å². The van der Waals surface area contributed by atoms with E-state index >= 15 is 0 Å². The number of allylic oxidation sites excluding steroid dienone is 8. The maximum Gasteiger partial charge on any atom is 0.472 e. The van der Waals surface area contributed by atoms with Crippen molar-refractivity contribution in [1.82, 2.24) is 0 Å². The van der Waals surface area contributed by atoms with Crippen molar-refractivity contribution in [3.63, 3.8) is 0 Å². The van der Waals surface area contributed by atoms with Crippen LogP contribution in [0, 0.1) is 5.92 Å². The lowest BCUT2D eigenvalue weighted by Crippen LogP contribution is -2.43. The van der Waals surface area contributed by atoms with Crippen LogP contribution in [0.1, 0.15) is 136 Å². The van der Waals surface area contributed by atoms with Crippen LogP contribution in [0.5, 0.6) is 0 Å². The van der Waals surface area contributed by atoms with Crippen LogP contribution in [0.2, 0.25) is 0 Å². The van der Waals surface area contributed by atoms with Gasteiger partial charge in [-0.05, 0) is 70.6 Å². The summed E-state index contributed by atoms with van der Waals surface area (Å²) in [5.74, 6) is -1.65. The molecule has 2 unspecified atom stereocenters. The number of aliphatic hydroxyl groups excluding tert-OH is 4. The van der Waals surface area contributed by atoms with E-state index in [4.69, 9.17) is 28.5 Å². The van der Waals surface area contributed by atoms with Gasteiger partial charge in [0.15, 0.2) is 12.4 Å². The summed E-state index contributed by atoms with van der Waals surface area (Å²) in [5, 5.41) is 40.8. The van der Waals surface area contributed by atoms with E-state index < -0.39 is 90.8 Å². The predicted octanol–water partition coefficient (Wildman–Crippen LogP) is 7.33. The largest absolute Gasteiger partial charge is 0.472 e. The normalized spacial score (nSPS) is 21.2. The zero-order valence-electron chi connectivity index (χ0n) is 37.2. The molecule has 63 heavy (non-hydrogen) atoms. The van der Waals surface area contributed by atoms with Crippen molar-refractivity contribution in [1.29, 1.82) is 0 Å². The highest BCUT2D eigenvalue weighted by molar-refractivity contribution is 7.47. The molecule has 0 aromatic heterocycles. The van der Waals surface area contributed by atoms with Crippen LogP contribution in [0.15, 0.2) is 60.8 Å². The van der Waals surface area contributed by atoms with E-state index in [0.717, 1.165) is 51.4 Å². The number of carbonyl (C=O) groups excluding carboxylic acids is 2. The molecule has 364 valence electrons. The van der Waals surface area contributed by atoms with Gasteiger partial charge < -0.3 is 49.3 Å². The molecular formula is C44H76O17P2. The number of hydrogen-bond donors (Lipinski definition) is 7. The SMILES string of the molecule is CCCCC/C=C\C/C=C\C/C=C\CCCCC(=O)OC[C@H](COP(=O)(O)OC[C@@H](O)COP(=O)(O)O)OC(=O)CCC/C=C\C[C@H]1[C@@H](O)CC(O)O[C@@H]1/C=C/[C@@H](O)CCCCC. The highest BCUT2D eigenvalue weighted by Crippen LogP contribution is 2.44. The standard InChI is InChI=1S/C44H76O17P2/c1-3-5-7-8-9-10-11-12-13-14-15-16-17-18-23-27-42(48)56-34-38(35-59-63(54,55)58-33-37(46)32-57-62(51,52)53)60-43(49)28-24-20-19-22-26-39-40(47)31-44(50)61-41(39)30-29-36(45)25-21-6-4-2/h9-10,12-13,15-16,19,22,29-30,36-41,44-47,50H,3-8,11,14,17-18,20-21,23-28,31-35H2,1-2H3,(H,54,55)(H2,51,52,53)/b10-9-,13-12-,16-15-,22-19-,30-29+/t36-,37-,38+,39-,40-,41+,44?/m0/s1. The van der Waals surface area contributed by atoms with E-state index in [-0.39, 0.29) is 25.2 Å². The lowest BCUT2D eigenvalue weighted by Gasteiger charge is -2.36. The Kier molecular flexibility index (Phi) is 33.4. The Hall–Kier alpha value is -2.34. The number of phosphoric ester groups is 2. The van der Waals surface area contributed by atoms with Crippen LogP contribution in [0.25, 0.3) is 0 Å². The summed E-state index contributed by atoms with van der Waals surface area (Å²) < 4.78 is 53.4. The molecule has 7 N–H and O–H groups in total. The molecule has 1 heterocycles. The molecule has 1 saturated heterocycles. The molecule has 1 aliphatic heterocycles. The molecule has 0 aromatic carbocycles. The fraction of sp³-hybridized carbons (Fsp3) is 0.727. The summed E-state index contributed by atoms with van der Waals surface area (Å²) >= 11 is 0. The number of phosphoric acid groups is 2. The van der Waals surface area contributed by atoms with Gasteiger partial charge in [0.25, 0.3) is 0 Å². The van der Waals surface area contributed by atoms with E-state index in [1.165, 1.54) is 19.3 Å². The molecule has 1 rings (SSSR count). The Labute approximate surface area is 374 Å². The summed E-state index contributed by atoms with van der Waals surface area (Å²) in [4.78, 5) is 52.9. The minimum atomic E-state index is -4.91. The number of ether oxygens (including phenoxy) is 3. The fourth-order valence-corrected chi connectivity index (χ4v) is 7.31. The third-order valence-electron chi connectivity index (χ3n) is 9.66. The summed E-state index contributed by atoms with van der Waals surface area (Å²) in [6, 6.07) is 0. The molecule has 1 fully saturated rings. The molecule has 0 spiro atoms. The number of unbranched alkanes of at least 4 members (excludes halogenated alkanes) is 8. The molecule has 1 aliphatic rings. The van der Waals surface area contributed by atoms with Crippen LogP contribution in [-0.2, 0) is 46.5 Å². The highest BCUT2D eigenvalue weighted by Gasteiger charge is 2.35.